The molecule has 1 heterocycles. The summed E-state index contributed by atoms with van der Waals surface area (Å²) in [6.07, 6.45) is 1.44. The average molecular weight is 279 g/mol. The van der Waals surface area contributed by atoms with E-state index in [0.717, 1.165) is 11.1 Å². The summed E-state index contributed by atoms with van der Waals surface area (Å²) in [6, 6.07) is 6.27. The zero-order valence-electron chi connectivity index (χ0n) is 10.4. The standard InChI is InChI=1S/C13H11ClN2O3/c1-8-6-10(7-9(2)12(8)14)19-13-11(16(17)18)4-3-5-15-13/h3-7H,1-2H3. The average Bonchev–Trinajstić information content (AvgIpc) is 2.36. The molecule has 0 atom stereocenters. The van der Waals surface area contributed by atoms with Crippen LogP contribution in [-0.4, -0.2) is 9.91 Å². The van der Waals surface area contributed by atoms with Crippen molar-refractivity contribution in [2.75, 3.05) is 0 Å². The molecule has 0 amide bonds. The second kappa shape index (κ2) is 5.24. The summed E-state index contributed by atoms with van der Waals surface area (Å²) in [7, 11) is 0. The Bertz CT molecular complexity index is 621. The summed E-state index contributed by atoms with van der Waals surface area (Å²) in [5.41, 5.74) is 1.51. The molecule has 0 N–H and O–H groups in total. The summed E-state index contributed by atoms with van der Waals surface area (Å²) in [5.74, 6) is 0.440. The van der Waals surface area contributed by atoms with E-state index in [4.69, 9.17) is 16.3 Å². The summed E-state index contributed by atoms with van der Waals surface area (Å²) in [4.78, 5) is 14.2. The Morgan fingerprint density at radius 1 is 1.32 bits per heavy atom. The Balaban J connectivity index is 2.39. The van der Waals surface area contributed by atoms with Crippen LogP contribution in [0, 0.1) is 24.0 Å². The van der Waals surface area contributed by atoms with Crippen LogP contribution in [0.4, 0.5) is 5.69 Å². The number of rotatable bonds is 3. The zero-order chi connectivity index (χ0) is 14.0. The van der Waals surface area contributed by atoms with Crippen LogP contribution in [0.1, 0.15) is 11.1 Å². The number of ether oxygens (including phenoxy) is 1. The van der Waals surface area contributed by atoms with Crippen molar-refractivity contribution in [2.24, 2.45) is 0 Å². The maximum absolute atomic E-state index is 10.9. The van der Waals surface area contributed by atoms with Gasteiger partial charge in [-0.3, -0.25) is 10.1 Å². The molecule has 0 aliphatic carbocycles. The van der Waals surface area contributed by atoms with Crippen molar-refractivity contribution in [1.29, 1.82) is 0 Å². The first-order valence-electron chi connectivity index (χ1n) is 5.53. The molecule has 98 valence electrons. The SMILES string of the molecule is Cc1cc(Oc2ncccc2[N+](=O)[O-])cc(C)c1Cl. The van der Waals surface area contributed by atoms with Crippen molar-refractivity contribution in [3.05, 3.63) is 56.7 Å². The van der Waals surface area contributed by atoms with Gasteiger partial charge in [-0.25, -0.2) is 4.98 Å². The third-order valence-corrected chi connectivity index (χ3v) is 3.17. The van der Waals surface area contributed by atoms with Crippen molar-refractivity contribution in [3.63, 3.8) is 0 Å². The number of benzene rings is 1. The van der Waals surface area contributed by atoms with E-state index in [9.17, 15) is 10.1 Å². The quantitative estimate of drug-likeness (QED) is 0.627. The summed E-state index contributed by atoms with van der Waals surface area (Å²) in [6.45, 7) is 3.68. The minimum atomic E-state index is -0.530. The monoisotopic (exact) mass is 278 g/mol. The van der Waals surface area contributed by atoms with E-state index < -0.39 is 4.92 Å². The van der Waals surface area contributed by atoms with Gasteiger partial charge in [-0.1, -0.05) is 11.6 Å². The van der Waals surface area contributed by atoms with Crippen LogP contribution in [0.25, 0.3) is 0 Å². The first kappa shape index (κ1) is 13.3. The van der Waals surface area contributed by atoms with E-state index >= 15 is 0 Å². The largest absolute Gasteiger partial charge is 0.434 e. The molecule has 0 saturated carbocycles. The molecule has 0 bridgehead atoms. The molecule has 6 heteroatoms. The highest BCUT2D eigenvalue weighted by Gasteiger charge is 2.17. The van der Waals surface area contributed by atoms with E-state index in [1.165, 1.54) is 18.3 Å². The summed E-state index contributed by atoms with van der Waals surface area (Å²) < 4.78 is 5.48. The van der Waals surface area contributed by atoms with E-state index in [-0.39, 0.29) is 11.6 Å². The van der Waals surface area contributed by atoms with Gasteiger partial charge in [-0.15, -0.1) is 0 Å². The van der Waals surface area contributed by atoms with Crippen LogP contribution in [0.15, 0.2) is 30.5 Å². The summed E-state index contributed by atoms with van der Waals surface area (Å²) >= 11 is 6.05. The van der Waals surface area contributed by atoms with Crippen molar-refractivity contribution in [2.45, 2.75) is 13.8 Å². The van der Waals surface area contributed by atoms with Crippen molar-refractivity contribution < 1.29 is 9.66 Å². The maximum Gasteiger partial charge on any atom is 0.331 e. The van der Waals surface area contributed by atoms with E-state index in [0.29, 0.717) is 10.8 Å². The lowest BCUT2D eigenvalue weighted by Gasteiger charge is -2.08. The molecule has 0 aliphatic heterocycles. The molecule has 2 rings (SSSR count). The Kier molecular flexibility index (Phi) is 3.66. The molecule has 1 aromatic heterocycles. The number of aryl methyl sites for hydroxylation is 2. The fourth-order valence-corrected chi connectivity index (χ4v) is 1.79. The maximum atomic E-state index is 10.9. The minimum absolute atomic E-state index is 0.0337. The normalized spacial score (nSPS) is 10.3. The number of hydrogen-bond donors (Lipinski definition) is 0. The fourth-order valence-electron chi connectivity index (χ4n) is 1.68. The fraction of sp³-hybridized carbons (Fsp3) is 0.154. The predicted molar refractivity (Wildman–Crippen MR) is 71.9 cm³/mol. The lowest BCUT2D eigenvalue weighted by atomic mass is 10.1. The molecule has 5 nitrogen and oxygen atoms in total. The third kappa shape index (κ3) is 2.82. The zero-order valence-corrected chi connectivity index (χ0v) is 11.1. The van der Waals surface area contributed by atoms with Gasteiger partial charge in [0.25, 0.3) is 5.88 Å². The number of aromatic nitrogens is 1. The van der Waals surface area contributed by atoms with E-state index in [2.05, 4.69) is 4.98 Å². The second-order valence-electron chi connectivity index (χ2n) is 4.06. The number of nitro groups is 1. The molecule has 0 aliphatic rings. The number of hydrogen-bond acceptors (Lipinski definition) is 4. The molecule has 2 aromatic rings. The third-order valence-electron chi connectivity index (χ3n) is 2.57. The molecule has 0 unspecified atom stereocenters. The summed E-state index contributed by atoms with van der Waals surface area (Å²) in [5, 5.41) is 11.5. The lowest BCUT2D eigenvalue weighted by Crippen LogP contribution is -1.96. The van der Waals surface area contributed by atoms with E-state index in [1.807, 2.05) is 13.8 Å². The van der Waals surface area contributed by atoms with Crippen molar-refractivity contribution in [3.8, 4) is 11.6 Å². The van der Waals surface area contributed by atoms with Gasteiger partial charge in [0.05, 0.1) is 4.92 Å². The van der Waals surface area contributed by atoms with Crippen LogP contribution in [0.3, 0.4) is 0 Å². The van der Waals surface area contributed by atoms with Gasteiger partial charge in [0.2, 0.25) is 0 Å². The van der Waals surface area contributed by atoms with Crippen LogP contribution in [0.2, 0.25) is 5.02 Å². The Morgan fingerprint density at radius 3 is 2.53 bits per heavy atom. The number of halogens is 1. The first-order valence-corrected chi connectivity index (χ1v) is 5.91. The number of pyridine rings is 1. The van der Waals surface area contributed by atoms with Gasteiger partial charge in [-0.05, 0) is 43.2 Å². The van der Waals surface area contributed by atoms with Gasteiger partial charge in [0.1, 0.15) is 5.75 Å². The molecular weight excluding hydrogens is 268 g/mol. The highest BCUT2D eigenvalue weighted by molar-refractivity contribution is 6.32. The lowest BCUT2D eigenvalue weighted by molar-refractivity contribution is -0.386. The first-order chi connectivity index (χ1) is 8.99. The van der Waals surface area contributed by atoms with Crippen molar-refractivity contribution in [1.82, 2.24) is 4.98 Å². The van der Waals surface area contributed by atoms with Gasteiger partial charge >= 0.3 is 5.69 Å². The van der Waals surface area contributed by atoms with E-state index in [1.54, 1.807) is 12.1 Å². The molecule has 0 spiro atoms. The topological polar surface area (TPSA) is 65.3 Å². The Labute approximate surface area is 115 Å². The van der Waals surface area contributed by atoms with Gasteiger partial charge in [0.15, 0.2) is 0 Å². The highest BCUT2D eigenvalue weighted by atomic mass is 35.5. The molecule has 19 heavy (non-hydrogen) atoms. The van der Waals surface area contributed by atoms with Crippen LogP contribution in [0.5, 0.6) is 11.6 Å². The highest BCUT2D eigenvalue weighted by Crippen LogP contribution is 2.32. The Morgan fingerprint density at radius 2 is 1.95 bits per heavy atom. The Hall–Kier alpha value is -2.14. The van der Waals surface area contributed by atoms with Gasteiger partial charge in [0, 0.05) is 17.3 Å². The van der Waals surface area contributed by atoms with Crippen molar-refractivity contribution >= 4 is 17.3 Å². The molecule has 0 saturated heterocycles. The predicted octanol–water partition coefficient (Wildman–Crippen LogP) is 4.05. The van der Waals surface area contributed by atoms with Gasteiger partial charge in [-0.2, -0.15) is 0 Å². The molecule has 1 aromatic carbocycles. The number of nitrogens with zero attached hydrogens (tertiary/aromatic N) is 2. The smallest absolute Gasteiger partial charge is 0.331 e. The molecule has 0 radical (unpaired) electrons. The molecular formula is C13H11ClN2O3. The second-order valence-corrected chi connectivity index (χ2v) is 4.44. The van der Waals surface area contributed by atoms with Gasteiger partial charge < -0.3 is 4.74 Å². The minimum Gasteiger partial charge on any atom is -0.434 e. The van der Waals surface area contributed by atoms with Crippen LogP contribution in [-0.2, 0) is 0 Å². The van der Waals surface area contributed by atoms with Crippen LogP contribution >= 0.6 is 11.6 Å². The molecule has 0 fully saturated rings. The van der Waals surface area contributed by atoms with Crippen LogP contribution < -0.4 is 4.74 Å².